The number of hydrogen-bond donors (Lipinski definition) is 1. The average molecular weight is 161 g/mol. The van der Waals surface area contributed by atoms with Crippen LogP contribution < -0.4 is 5.48 Å². The van der Waals surface area contributed by atoms with E-state index in [-0.39, 0.29) is 0 Å². The number of epoxide rings is 1. The lowest BCUT2D eigenvalue weighted by molar-refractivity contribution is 0.0717. The number of rotatable bonds is 7. The first-order chi connectivity index (χ1) is 5.43. The van der Waals surface area contributed by atoms with Gasteiger partial charge in [0.25, 0.3) is 0 Å². The van der Waals surface area contributed by atoms with Gasteiger partial charge in [-0.3, -0.25) is 0 Å². The fourth-order valence-electron chi connectivity index (χ4n) is 0.728. The van der Waals surface area contributed by atoms with Crippen molar-refractivity contribution in [1.82, 2.24) is 5.48 Å². The normalized spacial score (nSPS) is 22.1. The van der Waals surface area contributed by atoms with Crippen LogP contribution in [0.4, 0.5) is 0 Å². The van der Waals surface area contributed by atoms with Crippen LogP contribution in [-0.4, -0.2) is 39.6 Å². The Morgan fingerprint density at radius 1 is 1.64 bits per heavy atom. The molecule has 1 atom stereocenters. The first-order valence-corrected chi connectivity index (χ1v) is 3.88. The summed E-state index contributed by atoms with van der Waals surface area (Å²) in [6.45, 7) is 3.22. The summed E-state index contributed by atoms with van der Waals surface area (Å²) in [7, 11) is 1.61. The monoisotopic (exact) mass is 161 g/mol. The first-order valence-electron chi connectivity index (χ1n) is 3.88. The summed E-state index contributed by atoms with van der Waals surface area (Å²) < 4.78 is 10.3. The van der Waals surface area contributed by atoms with E-state index in [4.69, 9.17) is 9.47 Å². The lowest BCUT2D eigenvalue weighted by Crippen LogP contribution is -2.15. The summed E-state index contributed by atoms with van der Waals surface area (Å²) in [6, 6.07) is 0. The molecule has 0 bridgehead atoms. The van der Waals surface area contributed by atoms with Crippen molar-refractivity contribution in [3.8, 4) is 0 Å². The Hall–Kier alpha value is -0.160. The van der Waals surface area contributed by atoms with E-state index in [0.29, 0.717) is 6.10 Å². The molecular weight excluding hydrogens is 146 g/mol. The number of ether oxygens (including phenoxy) is 2. The minimum absolute atomic E-state index is 0.380. The first kappa shape index (κ1) is 8.93. The Kier molecular flexibility index (Phi) is 4.45. The van der Waals surface area contributed by atoms with Gasteiger partial charge in [0.15, 0.2) is 0 Å². The number of hydrogen-bond acceptors (Lipinski definition) is 4. The van der Waals surface area contributed by atoms with Crippen LogP contribution in [0.1, 0.15) is 6.42 Å². The molecule has 11 heavy (non-hydrogen) atoms. The van der Waals surface area contributed by atoms with E-state index in [2.05, 4.69) is 10.3 Å². The van der Waals surface area contributed by atoms with Crippen molar-refractivity contribution in [1.29, 1.82) is 0 Å². The van der Waals surface area contributed by atoms with Crippen molar-refractivity contribution < 1.29 is 14.3 Å². The Bertz CT molecular complexity index is 95.7. The van der Waals surface area contributed by atoms with Crippen molar-refractivity contribution in [3.05, 3.63) is 0 Å². The van der Waals surface area contributed by atoms with Gasteiger partial charge in [0.05, 0.1) is 20.3 Å². The Morgan fingerprint density at radius 3 is 3.09 bits per heavy atom. The van der Waals surface area contributed by atoms with E-state index < -0.39 is 0 Å². The summed E-state index contributed by atoms with van der Waals surface area (Å²) in [6.07, 6.45) is 1.35. The van der Waals surface area contributed by atoms with Crippen LogP contribution >= 0.6 is 0 Å². The van der Waals surface area contributed by atoms with E-state index in [9.17, 15) is 0 Å². The lowest BCUT2D eigenvalue weighted by Gasteiger charge is -2.01. The molecule has 1 rings (SSSR count). The second-order valence-corrected chi connectivity index (χ2v) is 2.48. The molecule has 1 saturated heterocycles. The van der Waals surface area contributed by atoms with Gasteiger partial charge < -0.3 is 14.3 Å². The summed E-state index contributed by atoms with van der Waals surface area (Å²) >= 11 is 0. The smallest absolute Gasteiger partial charge is 0.104 e. The zero-order valence-electron chi connectivity index (χ0n) is 6.84. The molecule has 0 aromatic rings. The van der Waals surface area contributed by atoms with Crippen LogP contribution in [0, 0.1) is 0 Å². The highest BCUT2D eigenvalue weighted by molar-refractivity contribution is 4.66. The third kappa shape index (κ3) is 5.15. The molecule has 1 aliphatic heterocycles. The second-order valence-electron chi connectivity index (χ2n) is 2.48. The predicted molar refractivity (Wildman–Crippen MR) is 40.2 cm³/mol. The van der Waals surface area contributed by atoms with Crippen molar-refractivity contribution >= 4 is 0 Å². The minimum Gasteiger partial charge on any atom is -0.379 e. The molecular formula is C7H15NO3. The third-order valence-corrected chi connectivity index (χ3v) is 1.42. The molecule has 0 radical (unpaired) electrons. The van der Waals surface area contributed by atoms with Crippen LogP contribution in [0.3, 0.4) is 0 Å². The number of nitrogens with one attached hydrogen (secondary N) is 1. The Balaban J connectivity index is 1.66. The van der Waals surface area contributed by atoms with Crippen molar-refractivity contribution in [2.75, 3.05) is 33.5 Å². The van der Waals surface area contributed by atoms with Gasteiger partial charge in [-0.1, -0.05) is 0 Å². The van der Waals surface area contributed by atoms with Crippen LogP contribution in [-0.2, 0) is 14.3 Å². The highest BCUT2D eigenvalue weighted by atomic mass is 16.6. The van der Waals surface area contributed by atoms with Crippen molar-refractivity contribution in [3.63, 3.8) is 0 Å². The minimum atomic E-state index is 0.380. The Labute approximate surface area is 66.8 Å². The molecule has 1 heterocycles. The molecule has 66 valence electrons. The zero-order chi connectivity index (χ0) is 7.94. The summed E-state index contributed by atoms with van der Waals surface area (Å²) in [5.74, 6) is 0. The molecule has 4 nitrogen and oxygen atoms in total. The third-order valence-electron chi connectivity index (χ3n) is 1.42. The van der Waals surface area contributed by atoms with Crippen molar-refractivity contribution in [2.24, 2.45) is 0 Å². The summed E-state index contributed by atoms with van der Waals surface area (Å²) in [5, 5.41) is 0. The molecule has 0 aromatic heterocycles. The number of hydroxylamine groups is 1. The van der Waals surface area contributed by atoms with E-state index in [1.54, 1.807) is 7.11 Å². The standard InChI is InChI=1S/C7H15NO3/c1-9-8-3-2-4-10-5-7-6-11-7/h7-8H,2-6H2,1H3. The van der Waals surface area contributed by atoms with Gasteiger partial charge in [-0.05, 0) is 6.42 Å². The van der Waals surface area contributed by atoms with E-state index in [1.165, 1.54) is 0 Å². The van der Waals surface area contributed by atoms with Crippen molar-refractivity contribution in [2.45, 2.75) is 12.5 Å². The Morgan fingerprint density at radius 2 is 2.45 bits per heavy atom. The largest absolute Gasteiger partial charge is 0.379 e. The highest BCUT2D eigenvalue weighted by Gasteiger charge is 2.21. The maximum Gasteiger partial charge on any atom is 0.104 e. The van der Waals surface area contributed by atoms with Gasteiger partial charge in [0.2, 0.25) is 0 Å². The predicted octanol–water partition coefficient (Wildman–Crippen LogP) is -0.0571. The fraction of sp³-hybridized carbons (Fsp3) is 1.00. The maximum absolute atomic E-state index is 5.28. The molecule has 0 saturated carbocycles. The van der Waals surface area contributed by atoms with E-state index in [1.807, 2.05) is 0 Å². The molecule has 1 fully saturated rings. The van der Waals surface area contributed by atoms with Crippen LogP contribution in [0.5, 0.6) is 0 Å². The van der Waals surface area contributed by atoms with Crippen LogP contribution in [0.15, 0.2) is 0 Å². The van der Waals surface area contributed by atoms with Gasteiger partial charge >= 0.3 is 0 Å². The molecule has 1 aliphatic rings. The van der Waals surface area contributed by atoms with E-state index in [0.717, 1.165) is 32.8 Å². The highest BCUT2D eigenvalue weighted by Crippen LogP contribution is 2.08. The van der Waals surface area contributed by atoms with Gasteiger partial charge in [0, 0.05) is 13.2 Å². The van der Waals surface area contributed by atoms with Gasteiger partial charge in [-0.15, -0.1) is 0 Å². The molecule has 0 amide bonds. The molecule has 1 N–H and O–H groups in total. The SMILES string of the molecule is CONCCCOCC1CO1. The van der Waals surface area contributed by atoms with Gasteiger partial charge in [-0.25, -0.2) is 5.48 Å². The quantitative estimate of drug-likeness (QED) is 0.323. The van der Waals surface area contributed by atoms with E-state index >= 15 is 0 Å². The maximum atomic E-state index is 5.28. The topological polar surface area (TPSA) is 43.0 Å². The summed E-state index contributed by atoms with van der Waals surface area (Å²) in [5.41, 5.74) is 2.74. The second kappa shape index (κ2) is 5.49. The lowest BCUT2D eigenvalue weighted by atomic mass is 10.4. The molecule has 0 aliphatic carbocycles. The molecule has 1 unspecified atom stereocenters. The summed E-state index contributed by atoms with van der Waals surface area (Å²) in [4.78, 5) is 4.65. The molecule has 0 spiro atoms. The zero-order valence-corrected chi connectivity index (χ0v) is 6.84. The fourth-order valence-corrected chi connectivity index (χ4v) is 0.728. The average Bonchev–Trinajstić information content (AvgIpc) is 2.80. The van der Waals surface area contributed by atoms with Gasteiger partial charge in [-0.2, -0.15) is 0 Å². The molecule has 4 heteroatoms. The molecule has 0 aromatic carbocycles. The van der Waals surface area contributed by atoms with Crippen LogP contribution in [0.25, 0.3) is 0 Å². The van der Waals surface area contributed by atoms with Crippen LogP contribution in [0.2, 0.25) is 0 Å². The van der Waals surface area contributed by atoms with Gasteiger partial charge in [0.1, 0.15) is 6.10 Å².